The Morgan fingerprint density at radius 3 is 2.88 bits per heavy atom. The van der Waals surface area contributed by atoms with Gasteiger partial charge in [-0.25, -0.2) is 4.39 Å². The summed E-state index contributed by atoms with van der Waals surface area (Å²) in [6.45, 7) is 1.93. The Bertz CT molecular complexity index is 829. The van der Waals surface area contributed by atoms with Crippen LogP contribution in [0.3, 0.4) is 0 Å². The average molecular weight is 358 g/mol. The van der Waals surface area contributed by atoms with Gasteiger partial charge in [0, 0.05) is 17.1 Å². The molecule has 1 amide bonds. The van der Waals surface area contributed by atoms with E-state index in [1.165, 1.54) is 10.7 Å². The summed E-state index contributed by atoms with van der Waals surface area (Å²) in [5, 5.41) is 14.5. The Labute approximate surface area is 151 Å². The molecule has 2 saturated carbocycles. The van der Waals surface area contributed by atoms with Crippen LogP contribution in [-0.4, -0.2) is 31.7 Å². The van der Waals surface area contributed by atoms with Gasteiger partial charge in [0.25, 0.3) is 0 Å². The first kappa shape index (κ1) is 17.1. The molecule has 0 bridgehead atoms. The zero-order valence-corrected chi connectivity index (χ0v) is 14.8. The molecule has 7 nitrogen and oxygen atoms in total. The third kappa shape index (κ3) is 3.21. The van der Waals surface area contributed by atoms with Gasteiger partial charge in [-0.2, -0.15) is 4.68 Å². The van der Waals surface area contributed by atoms with E-state index in [1.807, 2.05) is 6.92 Å². The first-order valence-electron chi connectivity index (χ1n) is 9.13. The molecule has 2 atom stereocenters. The molecule has 0 radical (unpaired) electrons. The number of nitrogens with two attached hydrogens (primary N) is 1. The lowest BCUT2D eigenvalue weighted by Crippen LogP contribution is -2.51. The Hall–Kier alpha value is -2.35. The van der Waals surface area contributed by atoms with E-state index in [-0.39, 0.29) is 23.4 Å². The molecule has 2 aliphatic carbocycles. The molecule has 26 heavy (non-hydrogen) atoms. The molecule has 4 rings (SSSR count). The van der Waals surface area contributed by atoms with Crippen LogP contribution in [-0.2, 0) is 4.79 Å². The van der Waals surface area contributed by atoms with Gasteiger partial charge in [0.2, 0.25) is 5.91 Å². The largest absolute Gasteiger partial charge is 0.326 e. The Balaban J connectivity index is 1.58. The maximum atomic E-state index is 14.4. The number of rotatable bonds is 4. The van der Waals surface area contributed by atoms with Crippen molar-refractivity contribution < 1.29 is 9.18 Å². The molecule has 8 heteroatoms. The van der Waals surface area contributed by atoms with Crippen LogP contribution in [0.4, 0.5) is 10.1 Å². The highest BCUT2D eigenvalue weighted by atomic mass is 19.1. The minimum atomic E-state index is -0.514. The van der Waals surface area contributed by atoms with Crippen LogP contribution in [0.5, 0.6) is 0 Å². The van der Waals surface area contributed by atoms with E-state index in [9.17, 15) is 9.18 Å². The van der Waals surface area contributed by atoms with Crippen molar-refractivity contribution in [3.8, 4) is 5.69 Å². The lowest BCUT2D eigenvalue weighted by Gasteiger charge is -2.37. The first-order chi connectivity index (χ1) is 12.5. The van der Waals surface area contributed by atoms with E-state index in [0.717, 1.165) is 38.5 Å². The molecule has 2 aliphatic rings. The van der Waals surface area contributed by atoms with E-state index >= 15 is 0 Å². The predicted octanol–water partition coefficient (Wildman–Crippen LogP) is 2.52. The van der Waals surface area contributed by atoms with Crippen molar-refractivity contribution >= 4 is 11.6 Å². The lowest BCUT2D eigenvalue weighted by molar-refractivity contribution is -0.122. The van der Waals surface area contributed by atoms with Crippen molar-refractivity contribution in [3.63, 3.8) is 0 Å². The number of halogens is 1. The average Bonchev–Trinajstić information content (AvgIpc) is 3.33. The van der Waals surface area contributed by atoms with Gasteiger partial charge in [-0.05, 0) is 61.2 Å². The van der Waals surface area contributed by atoms with Crippen LogP contribution in [0, 0.1) is 11.7 Å². The van der Waals surface area contributed by atoms with Gasteiger partial charge < -0.3 is 11.1 Å². The van der Waals surface area contributed by atoms with E-state index in [0.29, 0.717) is 11.5 Å². The smallest absolute Gasteiger partial charge is 0.229 e. The van der Waals surface area contributed by atoms with E-state index in [2.05, 4.69) is 20.8 Å². The van der Waals surface area contributed by atoms with Crippen LogP contribution in [0.25, 0.3) is 5.69 Å². The Morgan fingerprint density at radius 1 is 1.35 bits per heavy atom. The number of aromatic nitrogens is 4. The standard InChI is InChI=1S/C18H23FN6O/c1-18(20)9-3-2-4-13(18)17(26)21-12-7-8-14(19)15(10-12)25-16(11-5-6-11)22-23-24-25/h7-8,10-11,13H,2-6,9,20H2,1H3,(H,21,26). The van der Waals surface area contributed by atoms with Crippen LogP contribution in [0.15, 0.2) is 18.2 Å². The van der Waals surface area contributed by atoms with Crippen LogP contribution >= 0.6 is 0 Å². The molecule has 0 saturated heterocycles. The van der Waals surface area contributed by atoms with Gasteiger partial charge in [-0.15, -0.1) is 5.10 Å². The molecule has 2 fully saturated rings. The maximum absolute atomic E-state index is 14.4. The fourth-order valence-electron chi connectivity index (χ4n) is 3.73. The van der Waals surface area contributed by atoms with Crippen LogP contribution in [0.2, 0.25) is 0 Å². The SMILES string of the molecule is CC1(N)CCCCC1C(=O)Nc1ccc(F)c(-n2nnnc2C2CC2)c1. The quantitative estimate of drug-likeness (QED) is 0.875. The third-order valence-electron chi connectivity index (χ3n) is 5.45. The fourth-order valence-corrected chi connectivity index (χ4v) is 3.73. The van der Waals surface area contributed by atoms with Crippen molar-refractivity contribution in [3.05, 3.63) is 29.8 Å². The second-order valence-corrected chi connectivity index (χ2v) is 7.68. The summed E-state index contributed by atoms with van der Waals surface area (Å²) in [5.74, 6) is 0.141. The number of hydrogen-bond acceptors (Lipinski definition) is 5. The maximum Gasteiger partial charge on any atom is 0.229 e. The van der Waals surface area contributed by atoms with Crippen molar-refractivity contribution in [2.24, 2.45) is 11.7 Å². The topological polar surface area (TPSA) is 98.7 Å². The van der Waals surface area contributed by atoms with Crippen molar-refractivity contribution in [1.82, 2.24) is 20.2 Å². The lowest BCUT2D eigenvalue weighted by atomic mass is 9.74. The Morgan fingerprint density at radius 2 is 2.15 bits per heavy atom. The number of benzene rings is 1. The zero-order valence-electron chi connectivity index (χ0n) is 14.8. The number of amides is 1. The molecular formula is C18H23FN6O. The van der Waals surface area contributed by atoms with Gasteiger partial charge in [0.05, 0.1) is 5.92 Å². The molecule has 0 spiro atoms. The fraction of sp³-hybridized carbons (Fsp3) is 0.556. The Kier molecular flexibility index (Phi) is 4.22. The van der Waals surface area contributed by atoms with Crippen molar-refractivity contribution in [2.75, 3.05) is 5.32 Å². The summed E-state index contributed by atoms with van der Waals surface area (Å²) < 4.78 is 15.8. The highest BCUT2D eigenvalue weighted by molar-refractivity contribution is 5.93. The minimum Gasteiger partial charge on any atom is -0.326 e. The van der Waals surface area contributed by atoms with Crippen molar-refractivity contribution in [1.29, 1.82) is 0 Å². The van der Waals surface area contributed by atoms with Gasteiger partial charge in [-0.1, -0.05) is 12.8 Å². The molecule has 2 aromatic rings. The van der Waals surface area contributed by atoms with Crippen LogP contribution in [0.1, 0.15) is 57.2 Å². The molecule has 1 heterocycles. The monoisotopic (exact) mass is 358 g/mol. The number of nitrogens with zero attached hydrogens (tertiary/aromatic N) is 4. The molecule has 2 unspecified atom stereocenters. The number of carbonyl (C=O) groups excluding carboxylic acids is 1. The predicted molar refractivity (Wildman–Crippen MR) is 94.3 cm³/mol. The van der Waals surface area contributed by atoms with E-state index in [4.69, 9.17) is 5.73 Å². The molecule has 1 aromatic carbocycles. The summed E-state index contributed by atoms with van der Waals surface area (Å²) in [6, 6.07) is 4.45. The highest BCUT2D eigenvalue weighted by Crippen LogP contribution is 2.39. The third-order valence-corrected chi connectivity index (χ3v) is 5.45. The van der Waals surface area contributed by atoms with Crippen molar-refractivity contribution in [2.45, 2.75) is 56.9 Å². The highest BCUT2D eigenvalue weighted by Gasteiger charge is 2.38. The molecule has 138 valence electrons. The molecular weight excluding hydrogens is 335 g/mol. The normalized spacial score (nSPS) is 25.9. The second kappa shape index (κ2) is 6.42. The van der Waals surface area contributed by atoms with E-state index < -0.39 is 11.4 Å². The molecule has 1 aromatic heterocycles. The second-order valence-electron chi connectivity index (χ2n) is 7.68. The van der Waals surface area contributed by atoms with Gasteiger partial charge in [-0.3, -0.25) is 4.79 Å². The summed E-state index contributed by atoms with van der Waals surface area (Å²) in [4.78, 5) is 12.7. The number of anilines is 1. The number of hydrogen-bond donors (Lipinski definition) is 2. The summed E-state index contributed by atoms with van der Waals surface area (Å²) in [5.41, 5.74) is 6.57. The van der Waals surface area contributed by atoms with Gasteiger partial charge >= 0.3 is 0 Å². The zero-order chi connectivity index (χ0) is 18.3. The minimum absolute atomic E-state index is 0.119. The number of tetrazole rings is 1. The molecule has 3 N–H and O–H groups in total. The van der Waals surface area contributed by atoms with Crippen LogP contribution < -0.4 is 11.1 Å². The number of nitrogens with one attached hydrogen (secondary N) is 1. The summed E-state index contributed by atoms with van der Waals surface area (Å²) in [6.07, 6.45) is 5.65. The summed E-state index contributed by atoms with van der Waals surface area (Å²) >= 11 is 0. The van der Waals surface area contributed by atoms with E-state index in [1.54, 1.807) is 12.1 Å². The van der Waals surface area contributed by atoms with Gasteiger partial charge in [0.1, 0.15) is 11.5 Å². The summed E-state index contributed by atoms with van der Waals surface area (Å²) in [7, 11) is 0. The first-order valence-corrected chi connectivity index (χ1v) is 9.13. The molecule has 0 aliphatic heterocycles. The number of carbonyl (C=O) groups is 1. The van der Waals surface area contributed by atoms with Gasteiger partial charge in [0.15, 0.2) is 5.82 Å².